The Kier molecular flexibility index (Phi) is 6.23. The van der Waals surface area contributed by atoms with Gasteiger partial charge in [0.15, 0.2) is 11.5 Å². The third kappa shape index (κ3) is 4.56. The lowest BCUT2D eigenvalue weighted by Gasteiger charge is -2.39. The van der Waals surface area contributed by atoms with Crippen LogP contribution in [0.25, 0.3) is 11.3 Å². The Hall–Kier alpha value is -3.32. The minimum absolute atomic E-state index is 0.0801. The molecule has 0 N–H and O–H groups in total. The van der Waals surface area contributed by atoms with E-state index in [-0.39, 0.29) is 11.9 Å². The molecule has 4 rings (SSSR count). The predicted octanol–water partition coefficient (Wildman–Crippen LogP) is 3.71. The highest BCUT2D eigenvalue weighted by atomic mass is 16.5. The number of carbonyl (C=O) groups is 1. The van der Waals surface area contributed by atoms with Crippen molar-refractivity contribution in [3.05, 3.63) is 65.9 Å². The van der Waals surface area contributed by atoms with Crippen molar-refractivity contribution in [1.82, 2.24) is 15.0 Å². The molecule has 31 heavy (non-hydrogen) atoms. The topological polar surface area (TPSA) is 68.0 Å². The monoisotopic (exact) mass is 421 g/mol. The molecule has 1 amide bonds. The van der Waals surface area contributed by atoms with Gasteiger partial charge in [0.05, 0.1) is 19.8 Å². The van der Waals surface area contributed by atoms with Crippen LogP contribution >= 0.6 is 0 Å². The molecule has 7 nitrogen and oxygen atoms in total. The summed E-state index contributed by atoms with van der Waals surface area (Å²) in [5.41, 5.74) is 2.26. The Morgan fingerprint density at radius 2 is 1.90 bits per heavy atom. The highest BCUT2D eigenvalue weighted by Gasteiger charge is 2.30. The summed E-state index contributed by atoms with van der Waals surface area (Å²) in [6, 6.07) is 17.6. The second kappa shape index (κ2) is 9.22. The molecule has 0 bridgehead atoms. The molecular weight excluding hydrogens is 394 g/mol. The van der Waals surface area contributed by atoms with Crippen molar-refractivity contribution in [2.24, 2.45) is 0 Å². The van der Waals surface area contributed by atoms with Gasteiger partial charge in [-0.25, -0.2) is 0 Å². The number of carbonyl (C=O) groups excluding carboxylic acids is 1. The first kappa shape index (κ1) is 20.9. The van der Waals surface area contributed by atoms with Crippen molar-refractivity contribution in [2.45, 2.75) is 19.5 Å². The Labute approximate surface area is 182 Å². The predicted molar refractivity (Wildman–Crippen MR) is 117 cm³/mol. The minimum atomic E-state index is -0.122. The molecule has 1 atom stereocenters. The number of nitrogens with zero attached hydrogens (tertiary/aromatic N) is 3. The van der Waals surface area contributed by atoms with Crippen LogP contribution in [0, 0.1) is 0 Å². The van der Waals surface area contributed by atoms with Gasteiger partial charge in [0, 0.05) is 38.3 Å². The SMILES string of the molecule is COc1ccc(OC)c(-c2cc(C(=O)N3CCN(Cc4ccccc4)CC3C)no2)c1. The fourth-order valence-electron chi connectivity index (χ4n) is 3.98. The zero-order valence-electron chi connectivity index (χ0n) is 18.1. The van der Waals surface area contributed by atoms with Crippen LogP contribution in [0.3, 0.4) is 0 Å². The zero-order valence-corrected chi connectivity index (χ0v) is 18.1. The van der Waals surface area contributed by atoms with E-state index < -0.39 is 0 Å². The van der Waals surface area contributed by atoms with Crippen LogP contribution in [-0.4, -0.2) is 60.8 Å². The van der Waals surface area contributed by atoms with Crippen LogP contribution in [0.2, 0.25) is 0 Å². The van der Waals surface area contributed by atoms with Crippen LogP contribution < -0.4 is 9.47 Å². The van der Waals surface area contributed by atoms with Crippen molar-refractivity contribution < 1.29 is 18.8 Å². The summed E-state index contributed by atoms with van der Waals surface area (Å²) in [4.78, 5) is 17.4. The number of benzene rings is 2. The van der Waals surface area contributed by atoms with Gasteiger partial charge in [-0.15, -0.1) is 0 Å². The molecule has 0 spiro atoms. The first-order chi connectivity index (χ1) is 15.1. The van der Waals surface area contributed by atoms with E-state index in [1.165, 1.54) is 5.56 Å². The summed E-state index contributed by atoms with van der Waals surface area (Å²) < 4.78 is 16.2. The average molecular weight is 421 g/mol. The van der Waals surface area contributed by atoms with E-state index >= 15 is 0 Å². The number of piperazine rings is 1. The Bertz CT molecular complexity index is 1030. The van der Waals surface area contributed by atoms with Crippen molar-refractivity contribution in [1.29, 1.82) is 0 Å². The number of hydrogen-bond acceptors (Lipinski definition) is 6. The van der Waals surface area contributed by atoms with Crippen LogP contribution in [0.15, 0.2) is 59.1 Å². The van der Waals surface area contributed by atoms with Crippen molar-refractivity contribution in [2.75, 3.05) is 33.9 Å². The van der Waals surface area contributed by atoms with Crippen LogP contribution in [0.5, 0.6) is 11.5 Å². The summed E-state index contributed by atoms with van der Waals surface area (Å²) in [7, 11) is 3.18. The fraction of sp³-hybridized carbons (Fsp3) is 0.333. The number of aromatic nitrogens is 1. The molecule has 1 saturated heterocycles. The van der Waals surface area contributed by atoms with E-state index in [9.17, 15) is 4.79 Å². The highest BCUT2D eigenvalue weighted by molar-refractivity contribution is 5.93. The number of rotatable bonds is 6. The fourth-order valence-corrected chi connectivity index (χ4v) is 3.98. The average Bonchev–Trinajstić information content (AvgIpc) is 3.29. The summed E-state index contributed by atoms with van der Waals surface area (Å²) >= 11 is 0. The summed E-state index contributed by atoms with van der Waals surface area (Å²) in [6.45, 7) is 5.24. The summed E-state index contributed by atoms with van der Waals surface area (Å²) in [5.74, 6) is 1.64. The van der Waals surface area contributed by atoms with Gasteiger partial charge in [0.1, 0.15) is 11.5 Å². The van der Waals surface area contributed by atoms with Gasteiger partial charge in [0.25, 0.3) is 5.91 Å². The number of ether oxygens (including phenoxy) is 2. The van der Waals surface area contributed by atoms with Gasteiger partial charge < -0.3 is 18.9 Å². The van der Waals surface area contributed by atoms with Gasteiger partial charge in [0.2, 0.25) is 0 Å². The highest BCUT2D eigenvalue weighted by Crippen LogP contribution is 2.34. The molecular formula is C24H27N3O4. The molecule has 0 radical (unpaired) electrons. The molecule has 1 aromatic heterocycles. The maximum atomic E-state index is 13.1. The molecule has 0 saturated carbocycles. The lowest BCUT2D eigenvalue weighted by atomic mass is 10.1. The molecule has 1 fully saturated rings. The third-order valence-corrected chi connectivity index (χ3v) is 5.62. The molecule has 2 aromatic carbocycles. The van der Waals surface area contributed by atoms with E-state index in [0.29, 0.717) is 35.1 Å². The second-order valence-electron chi connectivity index (χ2n) is 7.71. The largest absolute Gasteiger partial charge is 0.497 e. The van der Waals surface area contributed by atoms with Gasteiger partial charge in [-0.05, 0) is 30.7 Å². The number of amides is 1. The van der Waals surface area contributed by atoms with Crippen LogP contribution in [-0.2, 0) is 6.54 Å². The lowest BCUT2D eigenvalue weighted by Crippen LogP contribution is -2.53. The first-order valence-corrected chi connectivity index (χ1v) is 10.4. The Balaban J connectivity index is 1.46. The second-order valence-corrected chi connectivity index (χ2v) is 7.71. The van der Waals surface area contributed by atoms with Crippen molar-refractivity contribution in [3.8, 4) is 22.8 Å². The zero-order chi connectivity index (χ0) is 21.8. The van der Waals surface area contributed by atoms with E-state index in [0.717, 1.165) is 19.6 Å². The maximum absolute atomic E-state index is 13.1. The molecule has 7 heteroatoms. The van der Waals surface area contributed by atoms with Crippen molar-refractivity contribution >= 4 is 5.91 Å². The molecule has 3 aromatic rings. The third-order valence-electron chi connectivity index (χ3n) is 5.62. The molecule has 0 aliphatic carbocycles. The smallest absolute Gasteiger partial charge is 0.276 e. The molecule has 1 unspecified atom stereocenters. The summed E-state index contributed by atoms with van der Waals surface area (Å²) in [5, 5.41) is 4.04. The van der Waals surface area contributed by atoms with E-state index in [1.807, 2.05) is 11.0 Å². The maximum Gasteiger partial charge on any atom is 0.276 e. The van der Waals surface area contributed by atoms with E-state index in [4.69, 9.17) is 14.0 Å². The lowest BCUT2D eigenvalue weighted by molar-refractivity contribution is 0.0466. The quantitative estimate of drug-likeness (QED) is 0.605. The summed E-state index contributed by atoms with van der Waals surface area (Å²) in [6.07, 6.45) is 0. The van der Waals surface area contributed by atoms with Crippen LogP contribution in [0.4, 0.5) is 0 Å². The van der Waals surface area contributed by atoms with E-state index in [2.05, 4.69) is 41.2 Å². The van der Waals surface area contributed by atoms with Gasteiger partial charge >= 0.3 is 0 Å². The van der Waals surface area contributed by atoms with Gasteiger partial charge in [-0.2, -0.15) is 0 Å². The van der Waals surface area contributed by atoms with Crippen LogP contribution in [0.1, 0.15) is 23.0 Å². The van der Waals surface area contributed by atoms with Gasteiger partial charge in [-0.1, -0.05) is 35.5 Å². The Morgan fingerprint density at radius 1 is 1.10 bits per heavy atom. The van der Waals surface area contributed by atoms with Crippen molar-refractivity contribution in [3.63, 3.8) is 0 Å². The minimum Gasteiger partial charge on any atom is -0.497 e. The molecule has 1 aliphatic heterocycles. The molecule has 162 valence electrons. The first-order valence-electron chi connectivity index (χ1n) is 10.4. The normalized spacial score (nSPS) is 16.9. The Morgan fingerprint density at radius 3 is 2.61 bits per heavy atom. The standard InChI is InChI=1S/C24H27N3O4/c1-17-15-26(16-18-7-5-4-6-8-18)11-12-27(17)24(28)21-14-23(31-25-21)20-13-19(29-2)9-10-22(20)30-3/h4-10,13-14,17H,11-12,15-16H2,1-3H3. The molecule has 1 aliphatic rings. The van der Waals surface area contributed by atoms with Gasteiger partial charge in [-0.3, -0.25) is 9.69 Å². The number of hydrogen-bond donors (Lipinski definition) is 0. The van der Waals surface area contributed by atoms with E-state index in [1.54, 1.807) is 38.5 Å². The molecule has 2 heterocycles. The number of methoxy groups -OCH3 is 2.